The number of aromatic carboxylic acids is 1. The van der Waals surface area contributed by atoms with E-state index in [0.717, 1.165) is 12.8 Å². The summed E-state index contributed by atoms with van der Waals surface area (Å²) in [4.78, 5) is 11.4. The molecule has 3 rings (SSSR count). The van der Waals surface area contributed by atoms with E-state index >= 15 is 0 Å². The zero-order valence-corrected chi connectivity index (χ0v) is 11.2. The second-order valence-corrected chi connectivity index (χ2v) is 5.38. The van der Waals surface area contributed by atoms with Crippen LogP contribution in [0, 0.1) is 0 Å². The maximum absolute atomic E-state index is 11.4. The maximum Gasteiger partial charge on any atom is 0.341 e. The van der Waals surface area contributed by atoms with Gasteiger partial charge in [0.15, 0.2) is 5.76 Å². The van der Waals surface area contributed by atoms with Gasteiger partial charge >= 0.3 is 5.97 Å². The zero-order chi connectivity index (χ0) is 13.6. The number of halogens is 2. The van der Waals surface area contributed by atoms with Crippen molar-refractivity contribution < 1.29 is 14.4 Å². The first-order valence-electron chi connectivity index (χ1n) is 5.75. The maximum atomic E-state index is 11.4. The molecule has 1 aromatic carbocycles. The second kappa shape index (κ2) is 4.54. The first-order chi connectivity index (χ1) is 9.06. The van der Waals surface area contributed by atoms with Crippen LogP contribution < -0.4 is 0 Å². The number of hydrogen-bond donors (Lipinski definition) is 1. The van der Waals surface area contributed by atoms with E-state index in [1.54, 1.807) is 18.2 Å². The third-order valence-electron chi connectivity index (χ3n) is 3.02. The smallest absolute Gasteiger partial charge is 0.341 e. The van der Waals surface area contributed by atoms with Crippen molar-refractivity contribution in [2.75, 3.05) is 0 Å². The van der Waals surface area contributed by atoms with Crippen LogP contribution in [-0.4, -0.2) is 16.2 Å². The number of rotatable bonds is 3. The van der Waals surface area contributed by atoms with E-state index in [9.17, 15) is 9.90 Å². The largest absolute Gasteiger partial charge is 0.477 e. The summed E-state index contributed by atoms with van der Waals surface area (Å²) in [5.41, 5.74) is 0.935. The Labute approximate surface area is 118 Å². The lowest BCUT2D eigenvalue weighted by Gasteiger charge is -2.01. The summed E-state index contributed by atoms with van der Waals surface area (Å²) in [6, 6.07) is 4.82. The van der Waals surface area contributed by atoms with Gasteiger partial charge in [-0.15, -0.1) is 0 Å². The molecular formula is C13H9Cl2NO3. The van der Waals surface area contributed by atoms with Crippen molar-refractivity contribution in [1.29, 1.82) is 0 Å². The van der Waals surface area contributed by atoms with Crippen molar-refractivity contribution in [2.24, 2.45) is 0 Å². The van der Waals surface area contributed by atoms with Crippen molar-refractivity contribution in [1.82, 2.24) is 5.16 Å². The molecule has 0 aliphatic heterocycles. The molecule has 1 saturated carbocycles. The molecule has 1 aliphatic rings. The number of carbonyl (C=O) groups is 1. The molecule has 0 amide bonds. The average molecular weight is 298 g/mol. The molecular weight excluding hydrogens is 289 g/mol. The van der Waals surface area contributed by atoms with Crippen molar-refractivity contribution in [3.8, 4) is 11.3 Å². The molecule has 1 aromatic heterocycles. The molecule has 0 bridgehead atoms. The lowest BCUT2D eigenvalue weighted by Crippen LogP contribution is -2.00. The molecule has 98 valence electrons. The van der Waals surface area contributed by atoms with Gasteiger partial charge in [0.1, 0.15) is 11.3 Å². The predicted molar refractivity (Wildman–Crippen MR) is 70.9 cm³/mol. The van der Waals surface area contributed by atoms with E-state index in [1.165, 1.54) is 0 Å². The molecule has 0 unspecified atom stereocenters. The Morgan fingerprint density at radius 1 is 1.26 bits per heavy atom. The van der Waals surface area contributed by atoms with E-state index in [2.05, 4.69) is 5.16 Å². The summed E-state index contributed by atoms with van der Waals surface area (Å²) in [7, 11) is 0. The van der Waals surface area contributed by atoms with E-state index in [-0.39, 0.29) is 17.2 Å². The summed E-state index contributed by atoms with van der Waals surface area (Å²) in [5, 5.41) is 14.1. The molecule has 0 radical (unpaired) electrons. The molecule has 0 spiro atoms. The van der Waals surface area contributed by atoms with E-state index < -0.39 is 5.97 Å². The Kier molecular flexibility index (Phi) is 2.99. The molecule has 2 aromatic rings. The Bertz CT molecular complexity index is 642. The lowest BCUT2D eigenvalue weighted by molar-refractivity contribution is 0.0695. The highest BCUT2D eigenvalue weighted by atomic mass is 35.5. The van der Waals surface area contributed by atoms with Crippen LogP contribution in [0.5, 0.6) is 0 Å². The Morgan fingerprint density at radius 2 is 1.89 bits per heavy atom. The molecule has 6 heteroatoms. The monoisotopic (exact) mass is 297 g/mol. The highest BCUT2D eigenvalue weighted by Crippen LogP contribution is 2.44. The van der Waals surface area contributed by atoms with Gasteiger partial charge in [-0.3, -0.25) is 0 Å². The van der Waals surface area contributed by atoms with Crippen LogP contribution in [0.2, 0.25) is 10.0 Å². The van der Waals surface area contributed by atoms with Crippen LogP contribution in [-0.2, 0) is 0 Å². The van der Waals surface area contributed by atoms with Crippen molar-refractivity contribution >= 4 is 29.2 Å². The summed E-state index contributed by atoms with van der Waals surface area (Å²) in [6.45, 7) is 0. The fourth-order valence-corrected chi connectivity index (χ4v) is 2.55. The van der Waals surface area contributed by atoms with Gasteiger partial charge in [0.25, 0.3) is 0 Å². The van der Waals surface area contributed by atoms with Gasteiger partial charge in [-0.05, 0) is 31.0 Å². The predicted octanol–water partition coefficient (Wildman–Crippen LogP) is 4.22. The summed E-state index contributed by atoms with van der Waals surface area (Å²) >= 11 is 11.8. The van der Waals surface area contributed by atoms with Gasteiger partial charge in [-0.25, -0.2) is 4.79 Å². The Balaban J connectivity index is 2.16. The van der Waals surface area contributed by atoms with E-state index in [4.69, 9.17) is 27.7 Å². The summed E-state index contributed by atoms with van der Waals surface area (Å²) in [5.74, 6) is -0.435. The van der Waals surface area contributed by atoms with Crippen molar-refractivity contribution in [3.05, 3.63) is 39.6 Å². The van der Waals surface area contributed by atoms with Crippen LogP contribution in [0.15, 0.2) is 22.7 Å². The number of aromatic nitrogens is 1. The zero-order valence-electron chi connectivity index (χ0n) is 9.69. The van der Waals surface area contributed by atoms with E-state index in [1.807, 2.05) is 0 Å². The van der Waals surface area contributed by atoms with Gasteiger partial charge in [-0.2, -0.15) is 0 Å². The van der Waals surface area contributed by atoms with Crippen molar-refractivity contribution in [3.63, 3.8) is 0 Å². The Hall–Kier alpha value is -1.52. The highest BCUT2D eigenvalue weighted by molar-refractivity contribution is 6.35. The SMILES string of the molecule is O=C(O)c1c(-c2cc(Cl)cc(Cl)c2)noc1C1CC1. The second-order valence-electron chi connectivity index (χ2n) is 4.51. The van der Waals surface area contributed by atoms with Gasteiger partial charge in [0.2, 0.25) is 0 Å². The first kappa shape index (κ1) is 12.5. The van der Waals surface area contributed by atoms with Crippen LogP contribution in [0.25, 0.3) is 11.3 Å². The number of hydrogen-bond acceptors (Lipinski definition) is 3. The quantitative estimate of drug-likeness (QED) is 0.921. The van der Waals surface area contributed by atoms with Gasteiger partial charge in [-0.1, -0.05) is 28.4 Å². The molecule has 0 atom stereocenters. The van der Waals surface area contributed by atoms with Crippen LogP contribution in [0.3, 0.4) is 0 Å². The molecule has 1 aliphatic carbocycles. The fraction of sp³-hybridized carbons (Fsp3) is 0.231. The standard InChI is InChI=1S/C13H9Cl2NO3/c14-8-3-7(4-9(15)5-8)11-10(13(17)18)12(19-16-11)6-1-2-6/h3-6H,1-2H2,(H,17,18). The molecule has 0 saturated heterocycles. The Morgan fingerprint density at radius 3 is 2.42 bits per heavy atom. The minimum atomic E-state index is -1.05. The minimum absolute atomic E-state index is 0.112. The van der Waals surface area contributed by atoms with Gasteiger partial charge in [0.05, 0.1) is 0 Å². The minimum Gasteiger partial charge on any atom is -0.477 e. The topological polar surface area (TPSA) is 63.3 Å². The van der Waals surface area contributed by atoms with Crippen LogP contribution in [0.1, 0.15) is 34.9 Å². The third-order valence-corrected chi connectivity index (χ3v) is 3.45. The normalized spacial score (nSPS) is 14.6. The van der Waals surface area contributed by atoms with Crippen LogP contribution in [0.4, 0.5) is 0 Å². The molecule has 1 fully saturated rings. The van der Waals surface area contributed by atoms with Gasteiger partial charge < -0.3 is 9.63 Å². The van der Waals surface area contributed by atoms with Crippen molar-refractivity contribution in [2.45, 2.75) is 18.8 Å². The summed E-state index contributed by atoms with van der Waals surface area (Å²) in [6.07, 6.45) is 1.87. The molecule has 19 heavy (non-hydrogen) atoms. The number of benzene rings is 1. The van der Waals surface area contributed by atoms with E-state index in [0.29, 0.717) is 21.4 Å². The molecule has 1 heterocycles. The molecule has 4 nitrogen and oxygen atoms in total. The van der Waals surface area contributed by atoms with Gasteiger partial charge in [0, 0.05) is 21.5 Å². The first-order valence-corrected chi connectivity index (χ1v) is 6.51. The average Bonchev–Trinajstić information content (AvgIpc) is 3.06. The highest BCUT2D eigenvalue weighted by Gasteiger charge is 2.35. The fourth-order valence-electron chi connectivity index (χ4n) is 2.02. The number of carboxylic acid groups (broad SMARTS) is 1. The lowest BCUT2D eigenvalue weighted by atomic mass is 10.0. The molecule has 1 N–H and O–H groups in total. The van der Waals surface area contributed by atoms with Crippen LogP contribution >= 0.6 is 23.2 Å². The third kappa shape index (κ3) is 2.33. The number of nitrogens with zero attached hydrogens (tertiary/aromatic N) is 1. The number of carboxylic acids is 1. The summed E-state index contributed by atoms with van der Waals surface area (Å²) < 4.78 is 5.20.